The fraction of sp³-hybridized carbons (Fsp3) is 0.333. The van der Waals surface area contributed by atoms with Crippen LogP contribution in [-0.4, -0.2) is 23.9 Å². The van der Waals surface area contributed by atoms with Crippen molar-refractivity contribution in [2.75, 3.05) is 11.4 Å². The fourth-order valence-electron chi connectivity index (χ4n) is 1.85. The minimum absolute atomic E-state index is 0.0777. The normalized spacial score (nSPS) is 19.1. The molecule has 0 aromatic heterocycles. The third kappa shape index (κ3) is 2.13. The molecule has 2 rings (SSSR count). The van der Waals surface area contributed by atoms with Gasteiger partial charge in [0.05, 0.1) is 0 Å². The average Bonchev–Trinajstić information content (AvgIpc) is 2.22. The molecule has 17 heavy (non-hydrogen) atoms. The molecule has 0 saturated carbocycles. The first-order valence-corrected chi connectivity index (χ1v) is 5.29. The summed E-state index contributed by atoms with van der Waals surface area (Å²) in [6, 6.07) is 5.66. The predicted molar refractivity (Wildman–Crippen MR) is 61.0 cm³/mol. The van der Waals surface area contributed by atoms with Crippen molar-refractivity contribution in [3.63, 3.8) is 0 Å². The van der Waals surface area contributed by atoms with E-state index in [0.717, 1.165) is 0 Å². The summed E-state index contributed by atoms with van der Waals surface area (Å²) in [4.78, 5) is 24.9. The van der Waals surface area contributed by atoms with Crippen molar-refractivity contribution in [3.8, 4) is 0 Å². The number of nitrogens with one attached hydrogen (secondary N) is 1. The standard InChI is InChI=1S/C12H13FN2O2/c1-12(2)11(17)15(7-10(16)14-12)9-5-3-4-8(13)6-9/h3-6H,7H2,1-2H3,(H,14,16). The third-order valence-corrected chi connectivity index (χ3v) is 2.65. The van der Waals surface area contributed by atoms with E-state index in [-0.39, 0.29) is 18.4 Å². The van der Waals surface area contributed by atoms with Crippen LogP contribution in [0.2, 0.25) is 0 Å². The van der Waals surface area contributed by atoms with Gasteiger partial charge in [-0.15, -0.1) is 0 Å². The van der Waals surface area contributed by atoms with Crippen LogP contribution in [0.15, 0.2) is 24.3 Å². The highest BCUT2D eigenvalue weighted by molar-refractivity contribution is 6.08. The molecule has 0 unspecified atom stereocenters. The molecule has 90 valence electrons. The summed E-state index contributed by atoms with van der Waals surface area (Å²) in [7, 11) is 0. The summed E-state index contributed by atoms with van der Waals surface area (Å²) in [5, 5.41) is 2.60. The Morgan fingerprint density at radius 3 is 2.71 bits per heavy atom. The summed E-state index contributed by atoms with van der Waals surface area (Å²) in [6.07, 6.45) is 0. The minimum Gasteiger partial charge on any atom is -0.341 e. The molecule has 1 heterocycles. The topological polar surface area (TPSA) is 49.4 Å². The molecule has 1 aliphatic heterocycles. The maximum atomic E-state index is 13.1. The molecule has 1 N–H and O–H groups in total. The number of rotatable bonds is 1. The first-order chi connectivity index (χ1) is 7.90. The quantitative estimate of drug-likeness (QED) is 0.792. The summed E-state index contributed by atoms with van der Waals surface area (Å²) >= 11 is 0. The van der Waals surface area contributed by atoms with Gasteiger partial charge >= 0.3 is 0 Å². The Kier molecular flexibility index (Phi) is 2.61. The van der Waals surface area contributed by atoms with Gasteiger partial charge in [0.2, 0.25) is 5.91 Å². The Morgan fingerprint density at radius 1 is 1.35 bits per heavy atom. The van der Waals surface area contributed by atoms with Crippen LogP contribution in [0.1, 0.15) is 13.8 Å². The average molecular weight is 236 g/mol. The molecule has 0 radical (unpaired) electrons. The zero-order valence-corrected chi connectivity index (χ0v) is 9.66. The van der Waals surface area contributed by atoms with Crippen molar-refractivity contribution in [1.29, 1.82) is 0 Å². The lowest BCUT2D eigenvalue weighted by Gasteiger charge is -2.37. The Bertz CT molecular complexity index is 485. The summed E-state index contributed by atoms with van der Waals surface area (Å²) < 4.78 is 13.1. The minimum atomic E-state index is -0.957. The molecule has 0 spiro atoms. The van der Waals surface area contributed by atoms with Crippen molar-refractivity contribution in [2.24, 2.45) is 0 Å². The van der Waals surface area contributed by atoms with Crippen LogP contribution in [0.3, 0.4) is 0 Å². The van der Waals surface area contributed by atoms with Crippen molar-refractivity contribution >= 4 is 17.5 Å². The summed E-state index contributed by atoms with van der Waals surface area (Å²) in [5.41, 5.74) is -0.556. The number of carbonyl (C=O) groups is 2. The lowest BCUT2D eigenvalue weighted by Crippen LogP contribution is -2.64. The Labute approximate surface area is 98.4 Å². The van der Waals surface area contributed by atoms with E-state index in [9.17, 15) is 14.0 Å². The van der Waals surface area contributed by atoms with Crippen LogP contribution in [0.4, 0.5) is 10.1 Å². The van der Waals surface area contributed by atoms with Gasteiger partial charge in [-0.1, -0.05) is 6.07 Å². The fourth-order valence-corrected chi connectivity index (χ4v) is 1.85. The number of halogens is 1. The van der Waals surface area contributed by atoms with Gasteiger partial charge in [-0.05, 0) is 32.0 Å². The highest BCUT2D eigenvalue weighted by Gasteiger charge is 2.39. The van der Waals surface area contributed by atoms with E-state index in [1.54, 1.807) is 19.9 Å². The lowest BCUT2D eigenvalue weighted by molar-refractivity contribution is -0.134. The van der Waals surface area contributed by atoms with Gasteiger partial charge in [-0.3, -0.25) is 9.59 Å². The molecule has 0 bridgehead atoms. The second-order valence-corrected chi connectivity index (χ2v) is 4.54. The van der Waals surface area contributed by atoms with Gasteiger partial charge < -0.3 is 10.2 Å². The smallest absolute Gasteiger partial charge is 0.252 e. The Hall–Kier alpha value is -1.91. The molecule has 1 aromatic rings. The molecule has 2 amide bonds. The highest BCUT2D eigenvalue weighted by Crippen LogP contribution is 2.22. The maximum absolute atomic E-state index is 13.1. The van der Waals surface area contributed by atoms with Crippen molar-refractivity contribution < 1.29 is 14.0 Å². The first kappa shape index (κ1) is 11.6. The summed E-state index contributed by atoms with van der Waals surface area (Å²) in [5.74, 6) is -0.930. The van der Waals surface area contributed by atoms with E-state index >= 15 is 0 Å². The maximum Gasteiger partial charge on any atom is 0.252 e. The van der Waals surface area contributed by atoms with Crippen LogP contribution in [0.25, 0.3) is 0 Å². The second kappa shape index (κ2) is 3.84. The number of piperazine rings is 1. The van der Waals surface area contributed by atoms with Gasteiger partial charge in [0.15, 0.2) is 0 Å². The van der Waals surface area contributed by atoms with Crippen molar-refractivity contribution in [3.05, 3.63) is 30.1 Å². The molecule has 5 heteroatoms. The summed E-state index contributed by atoms with van der Waals surface area (Å²) in [6.45, 7) is 3.17. The number of anilines is 1. The van der Waals surface area contributed by atoms with Gasteiger partial charge in [-0.25, -0.2) is 4.39 Å². The van der Waals surface area contributed by atoms with Gasteiger partial charge in [0, 0.05) is 5.69 Å². The van der Waals surface area contributed by atoms with Gasteiger partial charge in [0.25, 0.3) is 5.91 Å². The van der Waals surface area contributed by atoms with Crippen LogP contribution in [0.5, 0.6) is 0 Å². The number of hydrogen-bond acceptors (Lipinski definition) is 2. The third-order valence-electron chi connectivity index (χ3n) is 2.65. The lowest BCUT2D eigenvalue weighted by atomic mass is 10.00. The molecular formula is C12H13FN2O2. The van der Waals surface area contributed by atoms with Crippen LogP contribution in [0, 0.1) is 5.82 Å². The predicted octanol–water partition coefficient (Wildman–Crippen LogP) is 1.07. The van der Waals surface area contributed by atoms with E-state index < -0.39 is 11.4 Å². The molecule has 1 aromatic carbocycles. The van der Waals surface area contributed by atoms with Crippen LogP contribution in [-0.2, 0) is 9.59 Å². The number of benzene rings is 1. The SMILES string of the molecule is CC1(C)NC(=O)CN(c2cccc(F)c2)C1=O. The molecular weight excluding hydrogens is 223 g/mol. The largest absolute Gasteiger partial charge is 0.341 e. The Morgan fingerprint density at radius 2 is 2.06 bits per heavy atom. The molecule has 1 aliphatic rings. The van der Waals surface area contributed by atoms with E-state index in [1.165, 1.54) is 23.1 Å². The van der Waals surface area contributed by atoms with Gasteiger partial charge in [0.1, 0.15) is 17.9 Å². The van der Waals surface area contributed by atoms with Crippen molar-refractivity contribution in [1.82, 2.24) is 5.32 Å². The van der Waals surface area contributed by atoms with E-state index in [4.69, 9.17) is 0 Å². The second-order valence-electron chi connectivity index (χ2n) is 4.54. The monoisotopic (exact) mass is 236 g/mol. The first-order valence-electron chi connectivity index (χ1n) is 5.29. The van der Waals surface area contributed by atoms with Crippen molar-refractivity contribution in [2.45, 2.75) is 19.4 Å². The number of amides is 2. The van der Waals surface area contributed by atoms with Crippen LogP contribution < -0.4 is 10.2 Å². The molecule has 1 fully saturated rings. The van der Waals surface area contributed by atoms with E-state index in [0.29, 0.717) is 5.69 Å². The number of nitrogens with zero attached hydrogens (tertiary/aromatic N) is 1. The van der Waals surface area contributed by atoms with E-state index in [2.05, 4.69) is 5.32 Å². The molecule has 1 saturated heterocycles. The molecule has 4 nitrogen and oxygen atoms in total. The van der Waals surface area contributed by atoms with E-state index in [1.807, 2.05) is 0 Å². The zero-order valence-electron chi connectivity index (χ0n) is 9.66. The molecule has 0 aliphatic carbocycles. The Balaban J connectivity index is 2.38. The van der Waals surface area contributed by atoms with Crippen LogP contribution >= 0.6 is 0 Å². The molecule has 0 atom stereocenters. The number of carbonyl (C=O) groups excluding carboxylic acids is 2. The van der Waals surface area contributed by atoms with Gasteiger partial charge in [-0.2, -0.15) is 0 Å². The zero-order chi connectivity index (χ0) is 12.6. The number of hydrogen-bond donors (Lipinski definition) is 1. The highest BCUT2D eigenvalue weighted by atomic mass is 19.1.